The highest BCUT2D eigenvalue weighted by atomic mass is 19.4. The van der Waals surface area contributed by atoms with E-state index >= 15 is 26.3 Å². The van der Waals surface area contributed by atoms with E-state index in [2.05, 4.69) is 111 Å². The minimum absolute atomic E-state index is 0.219. The molecule has 0 radical (unpaired) electrons. The zero-order chi connectivity index (χ0) is 64.2. The fourth-order valence-electron chi connectivity index (χ4n) is 13.7. The van der Waals surface area contributed by atoms with E-state index in [1.165, 1.54) is 23.8 Å². The van der Waals surface area contributed by atoms with Crippen molar-refractivity contribution >= 4 is 0 Å². The van der Waals surface area contributed by atoms with E-state index in [-0.39, 0.29) is 17.1 Å². The number of methoxy groups -OCH3 is 1. The molecule has 0 spiro atoms. The highest BCUT2D eigenvalue weighted by Crippen LogP contribution is 2.59. The average Bonchev–Trinajstić information content (AvgIpc) is 1.68. The first kappa shape index (κ1) is 59.7. The first-order chi connectivity index (χ1) is 45.1. The van der Waals surface area contributed by atoms with Crippen molar-refractivity contribution in [1.29, 1.82) is 0 Å². The standard InChI is InChI=1S/C85H60F6O2/c1-53-17-15-22-64(49-53)81-79(60-35-31-56(32-36-60)62-30-29-54(2)55(3)50-62)77(58-18-7-5-8-19-58)78(59-20-9-6-10-21-59)80(82(81)65-23-16-24-68(51-65)84(86,87)88)61-37-33-57(34-38-61)63-39-48-76(75(52-63)85(89,90)91)93-70-46-42-67(43-47-70)83(66-40-44-69(92-4)45-41-66)73-27-13-11-25-71(73)72-26-12-14-28-74(72)83/h5-52H,1-4H3. The van der Waals surface area contributed by atoms with E-state index in [1.54, 1.807) is 43.5 Å². The maximum absolute atomic E-state index is 15.6. The molecule has 13 aromatic carbocycles. The van der Waals surface area contributed by atoms with Crippen molar-refractivity contribution in [2.24, 2.45) is 0 Å². The van der Waals surface area contributed by atoms with Gasteiger partial charge in [0, 0.05) is 0 Å². The molecule has 0 fully saturated rings. The van der Waals surface area contributed by atoms with Crippen molar-refractivity contribution in [3.8, 4) is 117 Å². The third-order valence-electron chi connectivity index (χ3n) is 18.2. The van der Waals surface area contributed by atoms with Crippen molar-refractivity contribution < 1.29 is 35.8 Å². The minimum atomic E-state index is -4.83. The number of rotatable bonds is 13. The van der Waals surface area contributed by atoms with Crippen LogP contribution in [-0.4, -0.2) is 7.11 Å². The molecular weight excluding hydrogens is 1170 g/mol. The molecule has 0 bridgehead atoms. The number of ether oxygens (including phenoxy) is 2. The molecular formula is C85H60F6O2. The molecule has 2 nitrogen and oxygen atoms in total. The smallest absolute Gasteiger partial charge is 0.420 e. The van der Waals surface area contributed by atoms with E-state index in [0.717, 1.165) is 107 Å². The van der Waals surface area contributed by atoms with Crippen molar-refractivity contribution in [3.05, 3.63) is 341 Å². The van der Waals surface area contributed by atoms with Crippen molar-refractivity contribution in [2.75, 3.05) is 7.11 Å². The molecule has 8 heteroatoms. The summed E-state index contributed by atoms with van der Waals surface area (Å²) in [5.41, 5.74) is 18.4. The van der Waals surface area contributed by atoms with Gasteiger partial charge in [0.15, 0.2) is 0 Å². The molecule has 93 heavy (non-hydrogen) atoms. The average molecular weight is 1230 g/mol. The maximum atomic E-state index is 15.6. The lowest BCUT2D eigenvalue weighted by atomic mass is 9.68. The van der Waals surface area contributed by atoms with Crippen LogP contribution in [0.1, 0.15) is 50.1 Å². The molecule has 0 saturated heterocycles. The lowest BCUT2D eigenvalue weighted by Crippen LogP contribution is -2.28. The Morgan fingerprint density at radius 3 is 1.19 bits per heavy atom. The van der Waals surface area contributed by atoms with Gasteiger partial charge >= 0.3 is 12.4 Å². The van der Waals surface area contributed by atoms with Gasteiger partial charge in [0.05, 0.1) is 23.7 Å². The molecule has 1 aliphatic rings. The third kappa shape index (κ3) is 10.9. The van der Waals surface area contributed by atoms with Crippen LogP contribution < -0.4 is 9.47 Å². The third-order valence-corrected chi connectivity index (χ3v) is 18.2. The Hall–Kier alpha value is -11.0. The Balaban J connectivity index is 0.927. The highest BCUT2D eigenvalue weighted by Gasteiger charge is 2.46. The van der Waals surface area contributed by atoms with E-state index in [1.807, 2.05) is 134 Å². The molecule has 0 unspecified atom stereocenters. The fraction of sp³-hybridized carbons (Fsp3) is 0.0824. The summed E-state index contributed by atoms with van der Waals surface area (Å²) in [6.07, 6.45) is -9.51. The number of aryl methyl sites for hydroxylation is 3. The Bertz CT molecular complexity index is 4890. The molecule has 13 aromatic rings. The van der Waals surface area contributed by atoms with Gasteiger partial charge in [-0.1, -0.05) is 248 Å². The Labute approximate surface area is 537 Å². The Morgan fingerprint density at radius 2 is 0.710 bits per heavy atom. The SMILES string of the molecule is COc1ccc(C2(c3ccc(Oc4ccc(-c5ccc(-c6c(-c7ccccc7)c(-c7ccccc7)c(-c7ccc(-c8ccc(C)c(C)c8)cc7)c(-c7cccc(C)c7)c6-c6cccc(C(F)(F)F)c6)cc5)cc4C(F)(F)F)cc3)c3ccccc3-c3ccccc32)cc1. The number of fused-ring (bicyclic) bond motifs is 3. The first-order valence-electron chi connectivity index (χ1n) is 30.8. The Morgan fingerprint density at radius 1 is 0.301 bits per heavy atom. The van der Waals surface area contributed by atoms with Crippen molar-refractivity contribution in [2.45, 2.75) is 38.5 Å². The second-order valence-corrected chi connectivity index (χ2v) is 23.8. The van der Waals surface area contributed by atoms with Gasteiger partial charge in [-0.25, -0.2) is 0 Å². The molecule has 0 saturated carbocycles. The molecule has 0 aromatic heterocycles. The van der Waals surface area contributed by atoms with Gasteiger partial charge in [0.25, 0.3) is 0 Å². The van der Waals surface area contributed by atoms with Crippen molar-refractivity contribution in [3.63, 3.8) is 0 Å². The van der Waals surface area contributed by atoms with Gasteiger partial charge in [0.2, 0.25) is 0 Å². The number of hydrogen-bond acceptors (Lipinski definition) is 2. The van der Waals surface area contributed by atoms with Crippen LogP contribution in [0.5, 0.6) is 17.2 Å². The lowest BCUT2D eigenvalue weighted by molar-refractivity contribution is -0.139. The maximum Gasteiger partial charge on any atom is 0.420 e. The predicted molar refractivity (Wildman–Crippen MR) is 365 cm³/mol. The van der Waals surface area contributed by atoms with E-state index < -0.39 is 28.9 Å². The van der Waals surface area contributed by atoms with Crippen LogP contribution in [-0.2, 0) is 17.8 Å². The molecule has 454 valence electrons. The first-order valence-corrected chi connectivity index (χ1v) is 30.8. The minimum Gasteiger partial charge on any atom is -0.497 e. The molecule has 0 aliphatic heterocycles. The second kappa shape index (κ2) is 24.0. The monoisotopic (exact) mass is 1230 g/mol. The summed E-state index contributed by atoms with van der Waals surface area (Å²) < 4.78 is 104. The molecule has 0 atom stereocenters. The molecule has 0 heterocycles. The number of hydrogen-bond donors (Lipinski definition) is 0. The summed E-state index contributed by atoms with van der Waals surface area (Å²) in [6.45, 7) is 6.17. The number of halogens is 6. The zero-order valence-corrected chi connectivity index (χ0v) is 51.3. The predicted octanol–water partition coefficient (Wildman–Crippen LogP) is 24.1. The lowest BCUT2D eigenvalue weighted by Gasteiger charge is -2.34. The van der Waals surface area contributed by atoms with Crippen LogP contribution in [0, 0.1) is 20.8 Å². The van der Waals surface area contributed by atoms with Crippen LogP contribution >= 0.6 is 0 Å². The number of alkyl halides is 6. The van der Waals surface area contributed by atoms with Crippen molar-refractivity contribution in [1.82, 2.24) is 0 Å². The summed E-state index contributed by atoms with van der Waals surface area (Å²) in [6, 6.07) is 91.4. The molecule has 0 N–H and O–H groups in total. The summed E-state index contributed by atoms with van der Waals surface area (Å²) in [5.74, 6) is 0.562. The van der Waals surface area contributed by atoms with E-state index in [0.29, 0.717) is 39.1 Å². The zero-order valence-electron chi connectivity index (χ0n) is 51.3. The van der Waals surface area contributed by atoms with Gasteiger partial charge in [-0.3, -0.25) is 0 Å². The molecule has 0 amide bonds. The van der Waals surface area contributed by atoms with Gasteiger partial charge in [-0.15, -0.1) is 0 Å². The summed E-state index contributed by atoms with van der Waals surface area (Å²) >= 11 is 0. The molecule has 1 aliphatic carbocycles. The van der Waals surface area contributed by atoms with Crippen LogP contribution in [0.15, 0.2) is 291 Å². The van der Waals surface area contributed by atoms with Crippen LogP contribution in [0.3, 0.4) is 0 Å². The summed E-state index contributed by atoms with van der Waals surface area (Å²) in [7, 11) is 1.63. The van der Waals surface area contributed by atoms with Crippen LogP contribution in [0.2, 0.25) is 0 Å². The topological polar surface area (TPSA) is 18.5 Å². The van der Waals surface area contributed by atoms with E-state index in [9.17, 15) is 0 Å². The summed E-state index contributed by atoms with van der Waals surface area (Å²) in [5, 5.41) is 0. The van der Waals surface area contributed by atoms with Gasteiger partial charge in [0.1, 0.15) is 17.2 Å². The quantitative estimate of drug-likeness (QED) is 0.107. The van der Waals surface area contributed by atoms with Crippen LogP contribution in [0.4, 0.5) is 26.3 Å². The van der Waals surface area contributed by atoms with Gasteiger partial charge in [-0.05, 0) is 203 Å². The largest absolute Gasteiger partial charge is 0.497 e. The van der Waals surface area contributed by atoms with Gasteiger partial charge in [-0.2, -0.15) is 26.3 Å². The molecule has 14 rings (SSSR count). The van der Waals surface area contributed by atoms with E-state index in [4.69, 9.17) is 9.47 Å². The summed E-state index contributed by atoms with van der Waals surface area (Å²) in [4.78, 5) is 0. The van der Waals surface area contributed by atoms with Crippen LogP contribution in [0.25, 0.3) is 100 Å². The number of benzene rings is 13. The fourth-order valence-corrected chi connectivity index (χ4v) is 13.7. The normalized spacial score (nSPS) is 12.5. The second-order valence-electron chi connectivity index (χ2n) is 23.8. The van der Waals surface area contributed by atoms with Gasteiger partial charge < -0.3 is 9.47 Å². The Kier molecular flexibility index (Phi) is 15.4. The highest BCUT2D eigenvalue weighted by molar-refractivity contribution is 6.15.